The third kappa shape index (κ3) is 4.47. The first kappa shape index (κ1) is 27.3. The van der Waals surface area contributed by atoms with Crippen LogP contribution in [0.5, 0.6) is 34.5 Å². The molecule has 2 aliphatic rings. The highest BCUT2D eigenvalue weighted by molar-refractivity contribution is 6.32. The average molecular weight is 537 g/mol. The lowest BCUT2D eigenvalue weighted by atomic mass is 9.80. The molecule has 0 atom stereocenters. The minimum atomic E-state index is -0.977. The van der Waals surface area contributed by atoms with Gasteiger partial charge in [-0.25, -0.2) is 4.79 Å². The van der Waals surface area contributed by atoms with Gasteiger partial charge in [0.1, 0.15) is 45.7 Å². The minimum Gasteiger partial charge on any atom is -0.507 e. The summed E-state index contributed by atoms with van der Waals surface area (Å²) in [5.74, 6) is -3.28. The molecular weight excluding hydrogens is 508 g/mol. The normalized spacial score (nSPS) is 14.7. The van der Waals surface area contributed by atoms with Crippen LogP contribution in [0.15, 0.2) is 24.3 Å². The number of aryl methyl sites for hydroxylation is 2. The summed E-state index contributed by atoms with van der Waals surface area (Å²) in [6, 6.07) is 5.57. The van der Waals surface area contributed by atoms with Crippen LogP contribution in [-0.4, -0.2) is 55.8 Å². The molecule has 1 heterocycles. The maximum atomic E-state index is 12.6. The molecule has 0 saturated heterocycles. The van der Waals surface area contributed by atoms with Crippen LogP contribution in [0.25, 0.3) is 0 Å². The van der Waals surface area contributed by atoms with Gasteiger partial charge in [0, 0.05) is 5.56 Å². The Balaban J connectivity index is 0.000000187. The number of ether oxygens (including phenoxy) is 2. The maximum absolute atomic E-state index is 12.6. The number of methoxy groups -OCH3 is 1. The summed E-state index contributed by atoms with van der Waals surface area (Å²) in [6.45, 7) is 6.98. The highest BCUT2D eigenvalue weighted by Gasteiger charge is 2.39. The van der Waals surface area contributed by atoms with E-state index in [0.717, 1.165) is 36.3 Å². The predicted octanol–water partition coefficient (Wildman–Crippen LogP) is 4.40. The molecule has 1 aliphatic carbocycles. The number of carbonyl (C=O) groups excluding carboxylic acids is 2. The Labute approximate surface area is 223 Å². The first-order chi connectivity index (χ1) is 18.2. The zero-order valence-electron chi connectivity index (χ0n) is 22.0. The summed E-state index contributed by atoms with van der Waals surface area (Å²) in [5.41, 5.74) is -0.207. The third-order valence-corrected chi connectivity index (χ3v) is 6.86. The highest BCUT2D eigenvalue weighted by atomic mass is 16.5. The van der Waals surface area contributed by atoms with E-state index in [-0.39, 0.29) is 44.5 Å². The van der Waals surface area contributed by atoms with Crippen molar-refractivity contribution in [1.82, 2.24) is 0 Å². The van der Waals surface area contributed by atoms with Crippen LogP contribution in [0, 0.1) is 13.8 Å². The van der Waals surface area contributed by atoms with Crippen molar-refractivity contribution in [1.29, 1.82) is 0 Å². The van der Waals surface area contributed by atoms with Crippen molar-refractivity contribution in [2.75, 3.05) is 7.11 Å². The fourth-order valence-corrected chi connectivity index (χ4v) is 4.85. The van der Waals surface area contributed by atoms with Crippen LogP contribution in [0.3, 0.4) is 0 Å². The first-order valence-electron chi connectivity index (χ1n) is 12.0. The quantitative estimate of drug-likeness (QED) is 0.231. The molecule has 0 saturated carbocycles. The van der Waals surface area contributed by atoms with Gasteiger partial charge in [0.15, 0.2) is 0 Å². The largest absolute Gasteiger partial charge is 0.507 e. The van der Waals surface area contributed by atoms with Crippen LogP contribution in [0.1, 0.15) is 79.2 Å². The van der Waals surface area contributed by atoms with Gasteiger partial charge in [-0.05, 0) is 75.9 Å². The molecule has 204 valence electrons. The van der Waals surface area contributed by atoms with Crippen LogP contribution in [0.2, 0.25) is 0 Å². The molecule has 5 rings (SSSR count). The van der Waals surface area contributed by atoms with Crippen molar-refractivity contribution in [3.8, 4) is 34.5 Å². The summed E-state index contributed by atoms with van der Waals surface area (Å²) in [5, 5.41) is 49.2. The third-order valence-electron chi connectivity index (χ3n) is 6.86. The van der Waals surface area contributed by atoms with E-state index >= 15 is 0 Å². The van der Waals surface area contributed by atoms with E-state index in [9.17, 15) is 34.8 Å². The lowest BCUT2D eigenvalue weighted by Crippen LogP contribution is -2.32. The predicted molar refractivity (Wildman–Crippen MR) is 139 cm³/mol. The Morgan fingerprint density at radius 3 is 1.79 bits per heavy atom. The topological polar surface area (TPSA) is 171 Å². The number of carboxylic acid groups (broad SMARTS) is 1. The van der Waals surface area contributed by atoms with E-state index in [1.165, 1.54) is 27.0 Å². The van der Waals surface area contributed by atoms with Gasteiger partial charge in [-0.1, -0.05) is 0 Å². The van der Waals surface area contributed by atoms with E-state index < -0.39 is 40.5 Å². The maximum Gasteiger partial charge on any atom is 0.339 e. The Morgan fingerprint density at radius 2 is 1.36 bits per heavy atom. The van der Waals surface area contributed by atoms with Gasteiger partial charge >= 0.3 is 5.97 Å². The van der Waals surface area contributed by atoms with Crippen LogP contribution in [-0.2, 0) is 6.42 Å². The second-order valence-electron chi connectivity index (χ2n) is 10.1. The lowest BCUT2D eigenvalue weighted by molar-refractivity contribution is 0.0689. The number of aromatic hydroxyl groups is 4. The summed E-state index contributed by atoms with van der Waals surface area (Å²) < 4.78 is 11.0. The number of rotatable bonds is 2. The number of carbonyl (C=O) groups is 3. The molecule has 0 unspecified atom stereocenters. The lowest BCUT2D eigenvalue weighted by Gasteiger charge is -2.33. The van der Waals surface area contributed by atoms with Crippen molar-refractivity contribution >= 4 is 17.5 Å². The molecule has 0 amide bonds. The molecule has 0 fully saturated rings. The van der Waals surface area contributed by atoms with Crippen molar-refractivity contribution in [2.45, 2.75) is 46.1 Å². The van der Waals surface area contributed by atoms with Crippen molar-refractivity contribution in [3.05, 3.63) is 68.8 Å². The summed E-state index contributed by atoms with van der Waals surface area (Å²) in [6.07, 6.45) is 1.62. The number of fused-ring (bicyclic) bond motifs is 3. The van der Waals surface area contributed by atoms with Gasteiger partial charge in [0.2, 0.25) is 11.6 Å². The molecule has 39 heavy (non-hydrogen) atoms. The molecule has 5 N–H and O–H groups in total. The van der Waals surface area contributed by atoms with E-state index in [0.29, 0.717) is 5.75 Å². The van der Waals surface area contributed by atoms with E-state index in [1.54, 1.807) is 6.07 Å². The number of ketones is 2. The van der Waals surface area contributed by atoms with Crippen molar-refractivity contribution in [2.24, 2.45) is 0 Å². The molecule has 0 spiro atoms. The van der Waals surface area contributed by atoms with E-state index in [4.69, 9.17) is 14.6 Å². The number of benzene rings is 3. The van der Waals surface area contributed by atoms with Gasteiger partial charge in [0.25, 0.3) is 0 Å². The summed E-state index contributed by atoms with van der Waals surface area (Å²) >= 11 is 0. The molecule has 0 radical (unpaired) electrons. The monoisotopic (exact) mass is 536 g/mol. The van der Waals surface area contributed by atoms with Gasteiger partial charge < -0.3 is 35.0 Å². The molecule has 0 aromatic heterocycles. The molecule has 3 aromatic rings. The van der Waals surface area contributed by atoms with Gasteiger partial charge in [-0.2, -0.15) is 0 Å². The molecule has 1 aliphatic heterocycles. The van der Waals surface area contributed by atoms with Gasteiger partial charge in [0.05, 0.1) is 29.4 Å². The number of hydrogen-bond acceptors (Lipinski definition) is 9. The number of carboxylic acids is 1. The molecule has 3 aromatic carbocycles. The molecule has 10 heteroatoms. The summed E-state index contributed by atoms with van der Waals surface area (Å²) in [7, 11) is 1.49. The summed E-state index contributed by atoms with van der Waals surface area (Å²) in [4.78, 5) is 36.2. The van der Waals surface area contributed by atoms with Crippen LogP contribution >= 0.6 is 0 Å². The van der Waals surface area contributed by atoms with Crippen LogP contribution < -0.4 is 9.47 Å². The number of phenolic OH excluding ortho intramolecular Hbond substituents is 4. The SMILES string of the molecule is COc1c(C(=O)O)ccc2c1CCC(C)(C)O2.Cc1cc(O)c2c(c1O)C(=O)c1c(O)cc(C)c(O)c1C2=O. The average Bonchev–Trinajstić information content (AvgIpc) is 2.85. The molecule has 10 nitrogen and oxygen atoms in total. The zero-order chi connectivity index (χ0) is 29.0. The Bertz CT molecular complexity index is 1490. The van der Waals surface area contributed by atoms with E-state index in [2.05, 4.69) is 0 Å². The zero-order valence-corrected chi connectivity index (χ0v) is 22.0. The van der Waals surface area contributed by atoms with Crippen molar-refractivity contribution in [3.63, 3.8) is 0 Å². The van der Waals surface area contributed by atoms with Gasteiger partial charge in [-0.3, -0.25) is 9.59 Å². The standard InChI is InChI=1S/C16H12O6.C13H16O4/c1-5-3-7(17)9-11(13(5)19)15(21)10-8(18)4-6(2)14(20)12(10)16(9)22;1-13(2)7-6-8-10(17-13)5-4-9(12(14)15)11(8)16-3/h3-4,17-20H,1-2H3;4-5H,6-7H2,1-3H3,(H,14,15). The number of hydrogen-bond donors (Lipinski definition) is 5. The Morgan fingerprint density at radius 1 is 0.872 bits per heavy atom. The Hall–Kier alpha value is -4.73. The number of aromatic carboxylic acids is 1. The smallest absolute Gasteiger partial charge is 0.339 e. The second-order valence-corrected chi connectivity index (χ2v) is 10.1. The fraction of sp³-hybridized carbons (Fsp3) is 0.276. The van der Waals surface area contributed by atoms with Crippen molar-refractivity contribution < 1.29 is 49.4 Å². The molecular formula is C29H28O10. The van der Waals surface area contributed by atoms with Gasteiger partial charge in [-0.15, -0.1) is 0 Å². The Kier molecular flexibility index (Phi) is 6.68. The second kappa shape index (κ2) is 9.54. The van der Waals surface area contributed by atoms with E-state index in [1.807, 2.05) is 13.8 Å². The fourth-order valence-electron chi connectivity index (χ4n) is 4.85. The van der Waals surface area contributed by atoms with Crippen LogP contribution in [0.4, 0.5) is 0 Å². The minimum absolute atomic E-state index is 0.189. The molecule has 0 bridgehead atoms. The number of phenols is 4. The first-order valence-corrected chi connectivity index (χ1v) is 12.0. The highest BCUT2D eigenvalue weighted by Crippen LogP contribution is 2.45.